The highest BCUT2D eigenvalue weighted by molar-refractivity contribution is 6.35. The standard InChI is InChI=1S/C16H14Cl2N2O6/c1-8(11-4-3-10(17)7-12(11)18)19-15(21)9(2)25-16(22)13-5-6-14(26-13)20(23)24/h3-9H,1-2H3,(H,19,21). The summed E-state index contributed by atoms with van der Waals surface area (Å²) in [5.74, 6) is -2.53. The molecule has 0 spiro atoms. The predicted molar refractivity (Wildman–Crippen MR) is 93.3 cm³/mol. The normalized spacial score (nSPS) is 12.9. The zero-order valence-corrected chi connectivity index (χ0v) is 15.2. The van der Waals surface area contributed by atoms with E-state index < -0.39 is 34.8 Å². The van der Waals surface area contributed by atoms with Crippen molar-refractivity contribution in [3.05, 3.63) is 61.8 Å². The van der Waals surface area contributed by atoms with Gasteiger partial charge in [0, 0.05) is 10.0 Å². The van der Waals surface area contributed by atoms with E-state index in [1.807, 2.05) is 0 Å². The highest BCUT2D eigenvalue weighted by Crippen LogP contribution is 2.26. The fraction of sp³-hybridized carbons (Fsp3) is 0.250. The number of esters is 1. The van der Waals surface area contributed by atoms with Crippen LogP contribution < -0.4 is 5.32 Å². The van der Waals surface area contributed by atoms with Crippen molar-refractivity contribution in [2.75, 3.05) is 0 Å². The maximum Gasteiger partial charge on any atom is 0.433 e. The molecule has 0 aliphatic rings. The molecule has 8 nitrogen and oxygen atoms in total. The number of rotatable bonds is 6. The molecule has 0 saturated carbocycles. The van der Waals surface area contributed by atoms with Gasteiger partial charge in [-0.15, -0.1) is 0 Å². The largest absolute Gasteiger partial charge is 0.447 e. The van der Waals surface area contributed by atoms with Crippen molar-refractivity contribution < 1.29 is 23.7 Å². The Kier molecular flexibility index (Phi) is 6.23. The van der Waals surface area contributed by atoms with Gasteiger partial charge in [0.2, 0.25) is 5.76 Å². The maximum atomic E-state index is 12.2. The molecule has 10 heteroatoms. The quantitative estimate of drug-likeness (QED) is 0.446. The van der Waals surface area contributed by atoms with Crippen LogP contribution in [0.3, 0.4) is 0 Å². The smallest absolute Gasteiger partial charge is 0.433 e. The lowest BCUT2D eigenvalue weighted by Crippen LogP contribution is -2.37. The highest BCUT2D eigenvalue weighted by Gasteiger charge is 2.24. The Hall–Kier alpha value is -2.58. The Morgan fingerprint density at radius 3 is 2.50 bits per heavy atom. The van der Waals surface area contributed by atoms with Crippen molar-refractivity contribution in [3.63, 3.8) is 0 Å². The van der Waals surface area contributed by atoms with E-state index in [1.165, 1.54) is 6.92 Å². The number of halogens is 2. The van der Waals surface area contributed by atoms with E-state index in [-0.39, 0.29) is 5.76 Å². The first-order valence-corrected chi connectivity index (χ1v) is 8.15. The molecule has 138 valence electrons. The Morgan fingerprint density at radius 1 is 1.23 bits per heavy atom. The summed E-state index contributed by atoms with van der Waals surface area (Å²) in [5, 5.41) is 14.1. The zero-order valence-electron chi connectivity index (χ0n) is 13.7. The maximum absolute atomic E-state index is 12.2. The minimum Gasteiger partial charge on any atom is -0.447 e. The van der Waals surface area contributed by atoms with Crippen LogP contribution in [0.5, 0.6) is 0 Å². The van der Waals surface area contributed by atoms with E-state index in [0.717, 1.165) is 12.1 Å². The summed E-state index contributed by atoms with van der Waals surface area (Å²) >= 11 is 11.9. The molecule has 0 aliphatic heterocycles. The molecule has 26 heavy (non-hydrogen) atoms. The van der Waals surface area contributed by atoms with Gasteiger partial charge in [-0.2, -0.15) is 0 Å². The molecule has 1 N–H and O–H groups in total. The third-order valence-corrected chi connectivity index (χ3v) is 3.98. The third kappa shape index (κ3) is 4.74. The molecule has 2 rings (SSSR count). The molecule has 0 aliphatic carbocycles. The first-order chi connectivity index (χ1) is 12.2. The number of carbonyl (C=O) groups is 2. The molecule has 2 unspecified atom stereocenters. The van der Waals surface area contributed by atoms with Crippen molar-refractivity contribution in [1.82, 2.24) is 5.32 Å². The van der Waals surface area contributed by atoms with Gasteiger partial charge in [-0.1, -0.05) is 29.3 Å². The van der Waals surface area contributed by atoms with Crippen molar-refractivity contribution in [1.29, 1.82) is 0 Å². The number of benzene rings is 1. The van der Waals surface area contributed by atoms with Crippen LogP contribution in [0.25, 0.3) is 0 Å². The first-order valence-electron chi connectivity index (χ1n) is 7.39. The lowest BCUT2D eigenvalue weighted by molar-refractivity contribution is -0.402. The van der Waals surface area contributed by atoms with Gasteiger partial charge in [0.1, 0.15) is 4.92 Å². The van der Waals surface area contributed by atoms with Gasteiger partial charge >= 0.3 is 11.9 Å². The molecule has 0 bridgehead atoms. The Labute approximate surface area is 158 Å². The third-order valence-electron chi connectivity index (χ3n) is 3.41. The summed E-state index contributed by atoms with van der Waals surface area (Å²) in [6, 6.07) is 6.52. The van der Waals surface area contributed by atoms with Crippen molar-refractivity contribution in [2.24, 2.45) is 0 Å². The number of amides is 1. The van der Waals surface area contributed by atoms with E-state index in [1.54, 1.807) is 25.1 Å². The van der Waals surface area contributed by atoms with Gasteiger partial charge in [0.25, 0.3) is 5.91 Å². The van der Waals surface area contributed by atoms with Gasteiger partial charge in [-0.3, -0.25) is 14.9 Å². The molecular weight excluding hydrogens is 387 g/mol. The van der Waals surface area contributed by atoms with Crippen LogP contribution in [0.2, 0.25) is 10.0 Å². The summed E-state index contributed by atoms with van der Waals surface area (Å²) in [6.07, 6.45) is -1.15. The summed E-state index contributed by atoms with van der Waals surface area (Å²) < 4.78 is 9.69. The molecular formula is C16H14Cl2N2O6. The second-order valence-electron chi connectivity index (χ2n) is 5.34. The Morgan fingerprint density at radius 2 is 1.92 bits per heavy atom. The van der Waals surface area contributed by atoms with Gasteiger partial charge in [0.15, 0.2) is 6.10 Å². The molecule has 1 amide bonds. The van der Waals surface area contributed by atoms with Crippen LogP contribution in [0.4, 0.5) is 5.88 Å². The number of nitro groups is 1. The van der Waals surface area contributed by atoms with Crippen LogP contribution >= 0.6 is 23.2 Å². The molecule has 1 heterocycles. The SMILES string of the molecule is CC(OC(=O)c1ccc([N+](=O)[O-])o1)C(=O)NC(C)c1ccc(Cl)cc1Cl. The van der Waals surface area contributed by atoms with E-state index in [9.17, 15) is 19.7 Å². The lowest BCUT2D eigenvalue weighted by Gasteiger charge is -2.19. The molecule has 0 fully saturated rings. The Bertz CT molecular complexity index is 851. The first kappa shape index (κ1) is 19.7. The average Bonchev–Trinajstić information content (AvgIpc) is 3.04. The van der Waals surface area contributed by atoms with Gasteiger partial charge in [-0.25, -0.2) is 4.79 Å². The molecule has 0 saturated heterocycles. The van der Waals surface area contributed by atoms with Crippen LogP contribution in [-0.2, 0) is 9.53 Å². The minimum absolute atomic E-state index is 0.370. The fourth-order valence-corrected chi connectivity index (χ4v) is 2.64. The molecule has 1 aromatic carbocycles. The summed E-state index contributed by atoms with van der Waals surface area (Å²) in [5.41, 5.74) is 0.643. The summed E-state index contributed by atoms with van der Waals surface area (Å²) in [7, 11) is 0. The minimum atomic E-state index is -1.15. The van der Waals surface area contributed by atoms with Crippen molar-refractivity contribution in [2.45, 2.75) is 26.0 Å². The van der Waals surface area contributed by atoms with Crippen LogP contribution in [-0.4, -0.2) is 22.9 Å². The number of carbonyl (C=O) groups excluding carboxylic acids is 2. The van der Waals surface area contributed by atoms with E-state index >= 15 is 0 Å². The topological polar surface area (TPSA) is 112 Å². The summed E-state index contributed by atoms with van der Waals surface area (Å²) in [6.45, 7) is 3.07. The Balaban J connectivity index is 1.97. The second kappa shape index (κ2) is 8.20. The molecule has 2 atom stereocenters. The van der Waals surface area contributed by atoms with E-state index in [0.29, 0.717) is 15.6 Å². The van der Waals surface area contributed by atoms with Gasteiger partial charge in [0.05, 0.1) is 12.1 Å². The monoisotopic (exact) mass is 400 g/mol. The second-order valence-corrected chi connectivity index (χ2v) is 6.18. The number of hydrogen-bond donors (Lipinski definition) is 1. The molecule has 0 radical (unpaired) electrons. The molecule has 1 aromatic heterocycles. The fourth-order valence-electron chi connectivity index (χ4n) is 2.07. The number of ether oxygens (including phenoxy) is 1. The number of furan rings is 1. The average molecular weight is 401 g/mol. The van der Waals surface area contributed by atoms with E-state index in [2.05, 4.69) is 5.32 Å². The number of nitrogens with one attached hydrogen (secondary N) is 1. The van der Waals surface area contributed by atoms with Crippen LogP contribution in [0, 0.1) is 10.1 Å². The van der Waals surface area contributed by atoms with Crippen molar-refractivity contribution in [3.8, 4) is 0 Å². The van der Waals surface area contributed by atoms with Crippen LogP contribution in [0.1, 0.15) is 36.0 Å². The van der Waals surface area contributed by atoms with Gasteiger partial charge < -0.3 is 14.5 Å². The van der Waals surface area contributed by atoms with Crippen molar-refractivity contribution >= 4 is 41.0 Å². The number of hydrogen-bond acceptors (Lipinski definition) is 6. The van der Waals surface area contributed by atoms with E-state index in [4.69, 9.17) is 32.4 Å². The predicted octanol–water partition coefficient (Wildman–Crippen LogP) is 3.92. The zero-order chi connectivity index (χ0) is 19.4. The highest BCUT2D eigenvalue weighted by atomic mass is 35.5. The van der Waals surface area contributed by atoms with Gasteiger partial charge in [-0.05, 0) is 37.6 Å². The number of nitrogens with zero attached hydrogens (tertiary/aromatic N) is 1. The van der Waals surface area contributed by atoms with Crippen LogP contribution in [0.15, 0.2) is 34.7 Å². The lowest BCUT2D eigenvalue weighted by atomic mass is 10.1. The summed E-state index contributed by atoms with van der Waals surface area (Å²) in [4.78, 5) is 33.8. The molecule has 2 aromatic rings.